The summed E-state index contributed by atoms with van der Waals surface area (Å²) in [6.07, 6.45) is 0.378. The van der Waals surface area contributed by atoms with Gasteiger partial charge in [-0.1, -0.05) is 32.9 Å². The number of benzene rings is 1. The Morgan fingerprint density at radius 3 is 2.17 bits per heavy atom. The van der Waals surface area contributed by atoms with E-state index in [1.54, 1.807) is 0 Å². The molecule has 0 atom stereocenters. The lowest BCUT2D eigenvalue weighted by atomic mass is 10.1. The van der Waals surface area contributed by atoms with E-state index in [0.717, 1.165) is 16.9 Å². The van der Waals surface area contributed by atoms with Crippen LogP contribution in [0.25, 0.3) is 0 Å². The van der Waals surface area contributed by atoms with Crippen molar-refractivity contribution in [2.75, 3.05) is 0 Å². The van der Waals surface area contributed by atoms with Crippen molar-refractivity contribution in [3.05, 3.63) is 29.3 Å². The van der Waals surface area contributed by atoms with Crippen LogP contribution in [0.2, 0.25) is 37.8 Å². The van der Waals surface area contributed by atoms with Gasteiger partial charge in [-0.05, 0) is 49.4 Å². The number of hydrogen-bond donors (Lipinski definition) is 0. The Morgan fingerprint density at radius 1 is 1.09 bits per heavy atom. The third-order valence-corrected chi connectivity index (χ3v) is 9.53. The van der Waals surface area contributed by atoms with Gasteiger partial charge in [0.15, 0.2) is 8.32 Å². The topological polar surface area (TPSA) is 42.2 Å². The molecule has 0 heterocycles. The maximum absolute atomic E-state index is 9.00. The van der Waals surface area contributed by atoms with Crippen molar-refractivity contribution in [2.24, 2.45) is 0 Å². The van der Waals surface area contributed by atoms with E-state index in [4.69, 9.17) is 14.1 Å². The van der Waals surface area contributed by atoms with E-state index in [9.17, 15) is 0 Å². The molecule has 0 saturated heterocycles. The molecule has 0 fully saturated rings. The minimum absolute atomic E-state index is 0.200. The molecule has 128 valence electrons. The average molecular weight is 350 g/mol. The Balaban J connectivity index is 2.97. The quantitative estimate of drug-likeness (QED) is 0.638. The summed E-state index contributed by atoms with van der Waals surface area (Å²) in [5.41, 5.74) is 2.08. The van der Waals surface area contributed by atoms with E-state index in [-0.39, 0.29) is 5.04 Å². The fourth-order valence-corrected chi connectivity index (χ4v) is 3.64. The van der Waals surface area contributed by atoms with Crippen LogP contribution >= 0.6 is 0 Å². The zero-order chi connectivity index (χ0) is 17.9. The highest BCUT2D eigenvalue weighted by Crippen LogP contribution is 2.37. The summed E-state index contributed by atoms with van der Waals surface area (Å²) < 4.78 is 12.5. The molecule has 3 nitrogen and oxygen atoms in total. The van der Waals surface area contributed by atoms with E-state index in [1.807, 2.05) is 6.07 Å². The maximum atomic E-state index is 9.00. The average Bonchev–Trinajstić information content (AvgIpc) is 2.36. The van der Waals surface area contributed by atoms with Crippen LogP contribution in [-0.2, 0) is 17.5 Å². The third-order valence-electron chi connectivity index (χ3n) is 4.22. The number of rotatable bonds is 6. The van der Waals surface area contributed by atoms with Crippen molar-refractivity contribution in [1.82, 2.24) is 0 Å². The van der Waals surface area contributed by atoms with Crippen molar-refractivity contribution in [3.8, 4) is 11.8 Å². The van der Waals surface area contributed by atoms with Crippen molar-refractivity contribution in [3.63, 3.8) is 0 Å². The zero-order valence-electron chi connectivity index (χ0n) is 15.9. The fourth-order valence-electron chi connectivity index (χ4n) is 1.83. The van der Waals surface area contributed by atoms with E-state index in [2.05, 4.69) is 71.7 Å². The predicted molar refractivity (Wildman–Crippen MR) is 102 cm³/mol. The van der Waals surface area contributed by atoms with Crippen LogP contribution in [0.15, 0.2) is 18.2 Å². The van der Waals surface area contributed by atoms with E-state index < -0.39 is 16.6 Å². The van der Waals surface area contributed by atoms with E-state index in [1.165, 1.54) is 0 Å². The van der Waals surface area contributed by atoms with Gasteiger partial charge in [-0.25, -0.2) is 0 Å². The number of nitrogens with zero attached hydrogens (tertiary/aromatic N) is 1. The Kier molecular flexibility index (Phi) is 6.25. The summed E-state index contributed by atoms with van der Waals surface area (Å²) in [4.78, 5) is 0. The van der Waals surface area contributed by atoms with Gasteiger partial charge in [0.05, 0.1) is 19.1 Å². The fraction of sp³-hybridized carbons (Fsp3) is 0.611. The van der Waals surface area contributed by atoms with Crippen LogP contribution < -0.4 is 4.43 Å². The molecular formula is C18H31NO2Si2. The van der Waals surface area contributed by atoms with Crippen molar-refractivity contribution >= 4 is 16.6 Å². The standard InChI is InChI=1S/C18H31NO2Si2/c1-18(2,3)23(7,8)20-14-15-9-10-16(11-12-19)17(13-15)21-22(4,5)6/h9-10,13H,11,14H2,1-8H3. The maximum Gasteiger partial charge on any atom is 0.242 e. The molecular weight excluding hydrogens is 318 g/mol. The molecule has 0 unspecified atom stereocenters. The van der Waals surface area contributed by atoms with Crippen molar-refractivity contribution < 1.29 is 8.85 Å². The second-order valence-corrected chi connectivity index (χ2v) is 17.8. The lowest BCUT2D eigenvalue weighted by Crippen LogP contribution is -2.40. The van der Waals surface area contributed by atoms with Crippen molar-refractivity contribution in [1.29, 1.82) is 5.26 Å². The van der Waals surface area contributed by atoms with Gasteiger partial charge in [-0.15, -0.1) is 0 Å². The molecule has 0 saturated carbocycles. The zero-order valence-corrected chi connectivity index (χ0v) is 17.9. The highest BCUT2D eigenvalue weighted by molar-refractivity contribution is 6.74. The number of nitriles is 1. The van der Waals surface area contributed by atoms with Gasteiger partial charge in [0.2, 0.25) is 8.32 Å². The molecule has 0 aliphatic heterocycles. The molecule has 1 aromatic carbocycles. The monoisotopic (exact) mass is 349 g/mol. The Labute approximate surface area is 143 Å². The van der Waals surface area contributed by atoms with Gasteiger partial charge < -0.3 is 8.85 Å². The van der Waals surface area contributed by atoms with Crippen LogP contribution in [-0.4, -0.2) is 16.6 Å². The second kappa shape index (κ2) is 7.20. The molecule has 0 N–H and O–H groups in total. The lowest BCUT2D eigenvalue weighted by molar-refractivity contribution is 0.276. The second-order valence-electron chi connectivity index (χ2n) is 8.54. The van der Waals surface area contributed by atoms with Gasteiger partial charge in [0.25, 0.3) is 0 Å². The summed E-state index contributed by atoms with van der Waals surface area (Å²) in [6, 6.07) is 8.33. The molecule has 0 aromatic heterocycles. The summed E-state index contributed by atoms with van der Waals surface area (Å²) >= 11 is 0. The Bertz CT molecular complexity index is 578. The molecule has 0 amide bonds. The summed E-state index contributed by atoms with van der Waals surface area (Å²) in [7, 11) is -3.48. The summed E-state index contributed by atoms with van der Waals surface area (Å²) in [5.74, 6) is 0.849. The normalized spacial score (nSPS) is 12.8. The molecule has 1 aromatic rings. The minimum Gasteiger partial charge on any atom is -0.544 e. The van der Waals surface area contributed by atoms with Gasteiger partial charge in [0, 0.05) is 5.56 Å². The minimum atomic E-state index is -1.77. The molecule has 0 aliphatic carbocycles. The van der Waals surface area contributed by atoms with Crippen molar-refractivity contribution in [2.45, 2.75) is 71.6 Å². The van der Waals surface area contributed by atoms with Gasteiger partial charge >= 0.3 is 0 Å². The first-order chi connectivity index (χ1) is 10.4. The van der Waals surface area contributed by atoms with Gasteiger partial charge in [0.1, 0.15) is 5.75 Å². The highest BCUT2D eigenvalue weighted by Gasteiger charge is 2.37. The molecule has 0 aliphatic rings. The molecule has 0 spiro atoms. The first-order valence-electron chi connectivity index (χ1n) is 8.17. The Hall–Kier alpha value is -1.10. The predicted octanol–water partition coefficient (Wildman–Crippen LogP) is 5.49. The molecule has 5 heteroatoms. The summed E-state index contributed by atoms with van der Waals surface area (Å²) in [6.45, 7) is 18.3. The molecule has 0 radical (unpaired) electrons. The highest BCUT2D eigenvalue weighted by atomic mass is 28.4. The smallest absolute Gasteiger partial charge is 0.242 e. The molecule has 23 heavy (non-hydrogen) atoms. The van der Waals surface area contributed by atoms with Gasteiger partial charge in [-0.2, -0.15) is 5.26 Å². The SMILES string of the molecule is CC(C)(C)[Si](C)(C)OCc1ccc(CC#N)c(O[Si](C)(C)C)c1. The van der Waals surface area contributed by atoms with E-state index >= 15 is 0 Å². The number of hydrogen-bond acceptors (Lipinski definition) is 3. The first-order valence-corrected chi connectivity index (χ1v) is 14.5. The van der Waals surface area contributed by atoms with Crippen LogP contribution in [0.3, 0.4) is 0 Å². The summed E-state index contributed by atoms with van der Waals surface area (Å²) in [5, 5.41) is 9.20. The molecule has 0 bridgehead atoms. The molecule has 1 rings (SSSR count). The van der Waals surface area contributed by atoms with Crippen LogP contribution in [0.4, 0.5) is 0 Å². The van der Waals surface area contributed by atoms with Crippen LogP contribution in [0, 0.1) is 11.3 Å². The third kappa shape index (κ3) is 6.13. The first kappa shape index (κ1) is 19.9. The largest absolute Gasteiger partial charge is 0.544 e. The van der Waals surface area contributed by atoms with Crippen LogP contribution in [0.1, 0.15) is 31.9 Å². The van der Waals surface area contributed by atoms with Crippen LogP contribution in [0.5, 0.6) is 5.75 Å². The Morgan fingerprint density at radius 2 is 1.70 bits per heavy atom. The van der Waals surface area contributed by atoms with Gasteiger partial charge in [-0.3, -0.25) is 0 Å². The van der Waals surface area contributed by atoms with E-state index in [0.29, 0.717) is 13.0 Å². The lowest BCUT2D eigenvalue weighted by Gasteiger charge is -2.36.